The Morgan fingerprint density at radius 1 is 0.929 bits per heavy atom. The van der Waals surface area contributed by atoms with Crippen molar-refractivity contribution in [3.05, 3.63) is 51.2 Å². The molecule has 0 saturated carbocycles. The number of piperazine rings is 1. The summed E-state index contributed by atoms with van der Waals surface area (Å²) in [4.78, 5) is 4.71. The Kier molecular flexibility index (Phi) is 5.96. The monoisotopic (exact) mass is 402 g/mol. The molecule has 4 heteroatoms. The van der Waals surface area contributed by atoms with Crippen LogP contribution in [0.3, 0.4) is 0 Å². The normalized spacial score (nSPS) is 22.2. The van der Waals surface area contributed by atoms with Gasteiger partial charge in [0.25, 0.3) is 0 Å². The van der Waals surface area contributed by atoms with Crippen molar-refractivity contribution in [2.75, 3.05) is 33.2 Å². The van der Waals surface area contributed by atoms with Gasteiger partial charge in [0, 0.05) is 16.7 Å². The Balaban J connectivity index is 2.17. The van der Waals surface area contributed by atoms with E-state index in [1.165, 1.54) is 36.6 Å². The number of rotatable bonds is 3. The number of quaternary nitrogens is 2. The zero-order valence-corrected chi connectivity index (χ0v) is 19.5. The predicted octanol–water partition coefficient (Wildman–Crippen LogP) is 2.55. The van der Waals surface area contributed by atoms with E-state index >= 15 is 0 Å². The van der Waals surface area contributed by atoms with Crippen molar-refractivity contribution in [1.29, 1.82) is 0 Å². The molecule has 0 radical (unpaired) electrons. The molecule has 2 aromatic rings. The van der Waals surface area contributed by atoms with Crippen molar-refractivity contribution < 1.29 is 14.9 Å². The third-order valence-electron chi connectivity index (χ3n) is 6.06. The smallest absolute Gasteiger partial charge is 0.148 e. The quantitative estimate of drug-likeness (QED) is 0.724. The van der Waals surface area contributed by atoms with Crippen molar-refractivity contribution >= 4 is 11.3 Å². The third-order valence-corrected chi connectivity index (χ3v) is 7.00. The molecule has 1 saturated heterocycles. The largest absolute Gasteiger partial charge is 0.507 e. The van der Waals surface area contributed by atoms with Crippen LogP contribution in [0, 0.1) is 0 Å². The van der Waals surface area contributed by atoms with E-state index in [0.29, 0.717) is 11.8 Å². The van der Waals surface area contributed by atoms with E-state index in [1.54, 1.807) is 9.80 Å². The molecule has 1 aliphatic rings. The number of likely N-dealkylation sites (N-methyl/N-ethyl adjacent to an activating group) is 1. The molecule has 2 heterocycles. The Morgan fingerprint density at radius 2 is 1.46 bits per heavy atom. The fraction of sp³-hybridized carbons (Fsp3) is 0.583. The minimum atomic E-state index is -0.0955. The van der Waals surface area contributed by atoms with Gasteiger partial charge in [-0.1, -0.05) is 47.6 Å². The molecule has 3 N–H and O–H groups in total. The van der Waals surface area contributed by atoms with Crippen LogP contribution in [0.15, 0.2) is 29.6 Å². The molecule has 3 rings (SSSR count). The first-order valence-corrected chi connectivity index (χ1v) is 11.4. The highest BCUT2D eigenvalue weighted by Crippen LogP contribution is 2.41. The summed E-state index contributed by atoms with van der Waals surface area (Å²) in [6.45, 7) is 18.0. The molecule has 0 bridgehead atoms. The SMILES string of the molecule is C[NH+]1CC[NH+]([C@@H](c2cc(C(C)(C)C)c(O)c(C(C)(C)C)c2)c2cccs2)CC1. The minimum absolute atomic E-state index is 0.0955. The first-order valence-electron chi connectivity index (χ1n) is 10.6. The Hall–Kier alpha value is -1.36. The fourth-order valence-corrected chi connectivity index (χ4v) is 5.22. The molecule has 3 nitrogen and oxygen atoms in total. The number of hydrogen-bond acceptors (Lipinski definition) is 2. The van der Waals surface area contributed by atoms with Gasteiger partial charge in [-0.2, -0.15) is 0 Å². The number of phenolic OH excluding ortho intramolecular Hbond substituents is 1. The standard InChI is InChI=1S/C24H36N2OS/c1-23(2,3)18-15-17(16-19(22(18)27)24(4,5)6)21(20-9-8-14-28-20)26-12-10-25(7)11-13-26/h8-9,14-16,21,27H,10-13H2,1-7H3/p+2/t21-/m0/s1. The Labute approximate surface area is 175 Å². The minimum Gasteiger partial charge on any atom is -0.507 e. The van der Waals surface area contributed by atoms with Crippen LogP contribution in [-0.4, -0.2) is 38.3 Å². The molecule has 0 unspecified atom stereocenters. The average Bonchev–Trinajstić information content (AvgIpc) is 3.10. The summed E-state index contributed by atoms with van der Waals surface area (Å²) < 4.78 is 0. The van der Waals surface area contributed by atoms with E-state index in [1.807, 2.05) is 11.3 Å². The van der Waals surface area contributed by atoms with E-state index in [-0.39, 0.29) is 10.8 Å². The van der Waals surface area contributed by atoms with Crippen LogP contribution >= 0.6 is 11.3 Å². The van der Waals surface area contributed by atoms with E-state index in [0.717, 1.165) is 11.1 Å². The molecular formula is C24H38N2OS+2. The van der Waals surface area contributed by atoms with Crippen molar-refractivity contribution in [1.82, 2.24) is 0 Å². The van der Waals surface area contributed by atoms with Crippen LogP contribution in [0.2, 0.25) is 0 Å². The van der Waals surface area contributed by atoms with Gasteiger partial charge in [0.2, 0.25) is 0 Å². The predicted molar refractivity (Wildman–Crippen MR) is 119 cm³/mol. The average molecular weight is 403 g/mol. The first-order chi connectivity index (χ1) is 13.0. The van der Waals surface area contributed by atoms with Gasteiger partial charge in [0.1, 0.15) is 38.0 Å². The molecule has 1 aromatic carbocycles. The zero-order valence-electron chi connectivity index (χ0n) is 18.6. The molecule has 0 amide bonds. The van der Waals surface area contributed by atoms with Crippen LogP contribution < -0.4 is 9.80 Å². The van der Waals surface area contributed by atoms with Crippen LogP contribution in [0.5, 0.6) is 5.75 Å². The maximum Gasteiger partial charge on any atom is 0.148 e. The highest BCUT2D eigenvalue weighted by molar-refractivity contribution is 7.10. The molecule has 0 aliphatic carbocycles. The van der Waals surface area contributed by atoms with Gasteiger partial charge in [-0.05, 0) is 34.4 Å². The number of aromatic hydroxyl groups is 1. The summed E-state index contributed by atoms with van der Waals surface area (Å²) >= 11 is 1.86. The highest BCUT2D eigenvalue weighted by atomic mass is 32.1. The van der Waals surface area contributed by atoms with Gasteiger partial charge >= 0.3 is 0 Å². The molecule has 28 heavy (non-hydrogen) atoms. The molecule has 0 spiro atoms. The van der Waals surface area contributed by atoms with Gasteiger partial charge in [0.05, 0.1) is 11.9 Å². The maximum absolute atomic E-state index is 11.1. The topological polar surface area (TPSA) is 29.1 Å². The van der Waals surface area contributed by atoms with Crippen molar-refractivity contribution in [3.8, 4) is 5.75 Å². The number of phenols is 1. The first kappa shape index (κ1) is 21.4. The molecule has 1 fully saturated rings. The lowest BCUT2D eigenvalue weighted by Crippen LogP contribution is -3.27. The summed E-state index contributed by atoms with van der Waals surface area (Å²) in [5, 5.41) is 13.3. The van der Waals surface area contributed by atoms with E-state index < -0.39 is 0 Å². The molecule has 1 atom stereocenters. The van der Waals surface area contributed by atoms with E-state index in [2.05, 4.69) is 78.2 Å². The van der Waals surface area contributed by atoms with E-state index in [9.17, 15) is 5.11 Å². The number of nitrogens with one attached hydrogen (secondary N) is 2. The second kappa shape index (κ2) is 7.81. The van der Waals surface area contributed by atoms with Crippen molar-refractivity contribution in [3.63, 3.8) is 0 Å². The summed E-state index contributed by atoms with van der Waals surface area (Å²) in [7, 11) is 2.30. The number of benzene rings is 1. The highest BCUT2D eigenvalue weighted by Gasteiger charge is 2.34. The summed E-state index contributed by atoms with van der Waals surface area (Å²) in [5.74, 6) is 0.478. The molecule has 1 aliphatic heterocycles. The van der Waals surface area contributed by atoms with Gasteiger partial charge < -0.3 is 14.9 Å². The molecule has 154 valence electrons. The van der Waals surface area contributed by atoms with Gasteiger partial charge in [-0.3, -0.25) is 0 Å². The Morgan fingerprint density at radius 3 is 1.89 bits per heavy atom. The lowest BCUT2D eigenvalue weighted by molar-refractivity contribution is -1.02. The lowest BCUT2D eigenvalue weighted by atomic mass is 9.77. The lowest BCUT2D eigenvalue weighted by Gasteiger charge is -2.35. The van der Waals surface area contributed by atoms with Gasteiger partial charge in [-0.25, -0.2) is 0 Å². The van der Waals surface area contributed by atoms with Crippen LogP contribution in [0.1, 0.15) is 69.2 Å². The van der Waals surface area contributed by atoms with Crippen molar-refractivity contribution in [2.45, 2.75) is 58.4 Å². The Bertz CT molecular complexity index is 756. The molecular weight excluding hydrogens is 364 g/mol. The fourth-order valence-electron chi connectivity index (χ4n) is 4.31. The summed E-state index contributed by atoms with van der Waals surface area (Å²) in [6.07, 6.45) is 0. The van der Waals surface area contributed by atoms with Crippen LogP contribution in [0.4, 0.5) is 0 Å². The maximum atomic E-state index is 11.1. The second-order valence-corrected chi connectivity index (χ2v) is 11.5. The van der Waals surface area contributed by atoms with Crippen LogP contribution in [-0.2, 0) is 10.8 Å². The van der Waals surface area contributed by atoms with Gasteiger partial charge in [-0.15, -0.1) is 11.3 Å². The van der Waals surface area contributed by atoms with Crippen molar-refractivity contribution in [2.24, 2.45) is 0 Å². The van der Waals surface area contributed by atoms with Crippen LogP contribution in [0.25, 0.3) is 0 Å². The zero-order chi connectivity index (χ0) is 20.7. The van der Waals surface area contributed by atoms with E-state index in [4.69, 9.17) is 0 Å². The summed E-state index contributed by atoms with van der Waals surface area (Å²) in [6, 6.07) is 9.37. The number of thiophene rings is 1. The second-order valence-electron chi connectivity index (χ2n) is 10.5. The summed E-state index contributed by atoms with van der Waals surface area (Å²) in [5.41, 5.74) is 3.29. The molecule has 1 aromatic heterocycles. The number of hydrogen-bond donors (Lipinski definition) is 3. The van der Waals surface area contributed by atoms with Gasteiger partial charge in [0.15, 0.2) is 0 Å². The third kappa shape index (κ3) is 4.45.